The number of carbonyl (C=O) groups excluding carboxylic acids is 2. The number of Topliss-reactive ketones (excluding diaryl/α,β-unsaturated/α-hetero) is 2. The molecule has 2 aromatic rings. The van der Waals surface area contributed by atoms with E-state index in [4.69, 9.17) is 11.6 Å². The van der Waals surface area contributed by atoms with Crippen molar-refractivity contribution in [2.24, 2.45) is 4.99 Å². The molecule has 1 saturated heterocycles. The van der Waals surface area contributed by atoms with Crippen molar-refractivity contribution in [3.63, 3.8) is 0 Å². The van der Waals surface area contributed by atoms with Gasteiger partial charge in [0.1, 0.15) is 11.4 Å². The number of allylic oxidation sites excluding steroid dienone is 2. The van der Waals surface area contributed by atoms with Gasteiger partial charge in [-0.25, -0.2) is 9.51 Å². The molecule has 0 bridgehead atoms. The van der Waals surface area contributed by atoms with Crippen molar-refractivity contribution in [1.29, 1.82) is 0 Å². The van der Waals surface area contributed by atoms with E-state index in [-0.39, 0.29) is 28.7 Å². The van der Waals surface area contributed by atoms with Crippen molar-refractivity contribution in [3.8, 4) is 0 Å². The van der Waals surface area contributed by atoms with Crippen molar-refractivity contribution >= 4 is 45.9 Å². The summed E-state index contributed by atoms with van der Waals surface area (Å²) in [6.07, 6.45) is 5.43. The first-order valence-corrected chi connectivity index (χ1v) is 9.45. The number of anilines is 1. The predicted molar refractivity (Wildman–Crippen MR) is 105 cm³/mol. The zero-order valence-electron chi connectivity index (χ0n) is 14.8. The van der Waals surface area contributed by atoms with Crippen molar-refractivity contribution < 1.29 is 9.59 Å². The lowest BCUT2D eigenvalue weighted by atomic mass is 10.0. The number of hydrogen-bond donors (Lipinski definition) is 1. The summed E-state index contributed by atoms with van der Waals surface area (Å²) in [6, 6.07) is 5.66. The molecule has 0 saturated carbocycles. The van der Waals surface area contributed by atoms with Crippen molar-refractivity contribution in [1.82, 2.24) is 14.5 Å². The van der Waals surface area contributed by atoms with Gasteiger partial charge in [-0.1, -0.05) is 17.7 Å². The van der Waals surface area contributed by atoms with Gasteiger partial charge in [-0.2, -0.15) is 0 Å². The summed E-state index contributed by atoms with van der Waals surface area (Å²) in [5.74, 6) is -0.0886. The molecule has 140 valence electrons. The Morgan fingerprint density at radius 2 is 2.00 bits per heavy atom. The minimum atomic E-state index is -0.371. The SMILES string of the molecule is O=C1CC(=O)C(=Nc2c(NCCN3CCCC3)nn3ccccc23)C=C1Cl. The average molecular weight is 386 g/mol. The van der Waals surface area contributed by atoms with Crippen LogP contribution in [0.5, 0.6) is 0 Å². The van der Waals surface area contributed by atoms with Gasteiger partial charge in [-0.3, -0.25) is 9.59 Å². The van der Waals surface area contributed by atoms with E-state index in [0.717, 1.165) is 31.7 Å². The van der Waals surface area contributed by atoms with Crippen LogP contribution in [-0.4, -0.2) is 58.0 Å². The highest BCUT2D eigenvalue weighted by Gasteiger charge is 2.24. The topological polar surface area (TPSA) is 79.1 Å². The van der Waals surface area contributed by atoms with Gasteiger partial charge in [0.25, 0.3) is 0 Å². The number of ketones is 2. The van der Waals surface area contributed by atoms with Crippen molar-refractivity contribution in [3.05, 3.63) is 35.5 Å². The minimum absolute atomic E-state index is 0.0355. The lowest BCUT2D eigenvalue weighted by Gasteiger charge is -2.14. The highest BCUT2D eigenvalue weighted by Crippen LogP contribution is 2.31. The third-order valence-corrected chi connectivity index (χ3v) is 5.12. The Morgan fingerprint density at radius 1 is 1.19 bits per heavy atom. The van der Waals surface area contributed by atoms with E-state index in [0.29, 0.717) is 11.5 Å². The Bertz CT molecular complexity index is 956. The van der Waals surface area contributed by atoms with Crippen LogP contribution in [-0.2, 0) is 9.59 Å². The molecule has 1 aliphatic heterocycles. The number of carbonyl (C=O) groups is 2. The second-order valence-corrected chi connectivity index (χ2v) is 7.12. The number of fused-ring (bicyclic) bond motifs is 1. The van der Waals surface area contributed by atoms with Crippen LogP contribution in [0.25, 0.3) is 5.52 Å². The Kier molecular flexibility index (Phi) is 5.05. The number of pyridine rings is 1. The first kappa shape index (κ1) is 17.9. The van der Waals surface area contributed by atoms with Crippen molar-refractivity contribution in [2.75, 3.05) is 31.5 Å². The van der Waals surface area contributed by atoms with E-state index < -0.39 is 0 Å². The van der Waals surface area contributed by atoms with Gasteiger partial charge in [0, 0.05) is 19.3 Å². The Balaban J connectivity index is 1.65. The van der Waals surface area contributed by atoms with Crippen molar-refractivity contribution in [2.45, 2.75) is 19.3 Å². The van der Waals surface area contributed by atoms with Gasteiger partial charge in [-0.15, -0.1) is 5.10 Å². The molecule has 4 rings (SSSR count). The number of likely N-dealkylation sites (tertiary alicyclic amines) is 1. The Labute approximate surface area is 161 Å². The van der Waals surface area contributed by atoms with Gasteiger partial charge in [0.15, 0.2) is 17.4 Å². The number of aromatic nitrogens is 2. The molecular weight excluding hydrogens is 366 g/mol. The fourth-order valence-electron chi connectivity index (χ4n) is 3.37. The number of rotatable bonds is 5. The summed E-state index contributed by atoms with van der Waals surface area (Å²) in [6.45, 7) is 3.94. The number of hydrogen-bond acceptors (Lipinski definition) is 6. The first-order valence-electron chi connectivity index (χ1n) is 9.08. The maximum absolute atomic E-state index is 12.2. The summed E-state index contributed by atoms with van der Waals surface area (Å²) in [4.78, 5) is 30.7. The zero-order chi connectivity index (χ0) is 18.8. The third kappa shape index (κ3) is 3.79. The van der Waals surface area contributed by atoms with Gasteiger partial charge in [-0.05, 0) is 44.1 Å². The fourth-order valence-corrected chi connectivity index (χ4v) is 3.54. The molecule has 1 N–H and O–H groups in total. The second-order valence-electron chi connectivity index (χ2n) is 6.72. The highest BCUT2D eigenvalue weighted by molar-refractivity contribution is 6.57. The fraction of sp³-hybridized carbons (Fsp3) is 0.368. The summed E-state index contributed by atoms with van der Waals surface area (Å²) < 4.78 is 1.72. The maximum atomic E-state index is 12.2. The van der Waals surface area contributed by atoms with E-state index in [1.165, 1.54) is 18.9 Å². The molecular formula is C19H20ClN5O2. The molecule has 0 radical (unpaired) electrons. The molecule has 0 unspecified atom stereocenters. The van der Waals surface area contributed by atoms with Gasteiger partial charge < -0.3 is 10.2 Å². The van der Waals surface area contributed by atoms with Gasteiger partial charge >= 0.3 is 0 Å². The Morgan fingerprint density at radius 3 is 2.81 bits per heavy atom. The normalized spacial score (nSPS) is 19.9. The van der Waals surface area contributed by atoms with Gasteiger partial charge in [0.05, 0.1) is 17.0 Å². The van der Waals surface area contributed by atoms with E-state index >= 15 is 0 Å². The van der Waals surface area contributed by atoms with Crippen LogP contribution in [0, 0.1) is 0 Å². The molecule has 2 aliphatic rings. The molecule has 27 heavy (non-hydrogen) atoms. The summed E-state index contributed by atoms with van der Waals surface area (Å²) in [5.41, 5.74) is 1.54. The van der Waals surface area contributed by atoms with E-state index in [1.807, 2.05) is 24.4 Å². The van der Waals surface area contributed by atoms with E-state index in [2.05, 4.69) is 20.3 Å². The summed E-state index contributed by atoms with van der Waals surface area (Å²) in [7, 11) is 0. The molecule has 7 nitrogen and oxygen atoms in total. The number of aliphatic imine (C=N–C) groups is 1. The van der Waals surface area contributed by atoms with Crippen LogP contribution >= 0.6 is 11.6 Å². The molecule has 8 heteroatoms. The lowest BCUT2D eigenvalue weighted by Crippen LogP contribution is -2.26. The second kappa shape index (κ2) is 7.62. The molecule has 2 aromatic heterocycles. The predicted octanol–water partition coefficient (Wildman–Crippen LogP) is 2.58. The van der Waals surface area contributed by atoms with E-state index in [9.17, 15) is 9.59 Å². The molecule has 0 atom stereocenters. The van der Waals surface area contributed by atoms with Crippen LogP contribution in [0.15, 0.2) is 40.5 Å². The quantitative estimate of drug-likeness (QED) is 0.800. The largest absolute Gasteiger partial charge is 0.365 e. The standard InChI is InChI=1S/C19H20ClN5O2/c20-13-11-14(17(27)12-16(13)26)22-18-15-5-1-2-9-25(15)23-19(18)21-6-10-24-7-3-4-8-24/h1-2,5,9,11H,3-4,6-8,10,12H2,(H,21,23). The zero-order valence-corrected chi connectivity index (χ0v) is 15.6. The van der Waals surface area contributed by atoms with Crippen LogP contribution in [0.2, 0.25) is 0 Å². The molecule has 0 spiro atoms. The smallest absolute Gasteiger partial charge is 0.189 e. The van der Waals surface area contributed by atoms with Crippen LogP contribution in [0.1, 0.15) is 19.3 Å². The van der Waals surface area contributed by atoms with Crippen LogP contribution < -0.4 is 5.32 Å². The highest BCUT2D eigenvalue weighted by atomic mass is 35.5. The molecule has 1 aliphatic carbocycles. The lowest BCUT2D eigenvalue weighted by molar-refractivity contribution is -0.121. The number of nitrogens with one attached hydrogen (secondary N) is 1. The summed E-state index contributed by atoms with van der Waals surface area (Å²) in [5, 5.41) is 7.93. The average Bonchev–Trinajstić information content (AvgIpc) is 3.28. The number of nitrogens with zero attached hydrogens (tertiary/aromatic N) is 4. The monoisotopic (exact) mass is 385 g/mol. The van der Waals surface area contributed by atoms with Crippen LogP contribution in [0.4, 0.5) is 11.5 Å². The van der Waals surface area contributed by atoms with Gasteiger partial charge in [0.2, 0.25) is 0 Å². The number of halogens is 1. The molecule has 0 aromatic carbocycles. The molecule has 0 amide bonds. The van der Waals surface area contributed by atoms with Crippen LogP contribution in [0.3, 0.4) is 0 Å². The van der Waals surface area contributed by atoms with E-state index in [1.54, 1.807) is 4.52 Å². The Hall–Kier alpha value is -2.51. The molecule has 3 heterocycles. The first-order chi connectivity index (χ1) is 13.1. The molecule has 1 fully saturated rings. The minimum Gasteiger partial charge on any atom is -0.365 e. The third-order valence-electron chi connectivity index (χ3n) is 4.80. The summed E-state index contributed by atoms with van der Waals surface area (Å²) >= 11 is 5.92. The maximum Gasteiger partial charge on any atom is 0.189 e.